The fraction of sp³-hybridized carbons (Fsp3) is 0. The average Bonchev–Trinajstić information content (AvgIpc) is 1.99. The second-order valence-electron chi connectivity index (χ2n) is 1.96. The maximum atomic E-state index is 9.25. The molecule has 58 valence electrons. The predicted octanol–water partition coefficient (Wildman–Crippen LogP) is 1.34. The Morgan fingerprint density at radius 1 is 1.55 bits per heavy atom. The summed E-state index contributed by atoms with van der Waals surface area (Å²) in [5.41, 5.74) is 0.514. The number of phenols is 1. The molecule has 0 bridgehead atoms. The summed E-state index contributed by atoms with van der Waals surface area (Å²) in [5, 5.41) is 12.8. The van der Waals surface area contributed by atoms with E-state index >= 15 is 0 Å². The van der Waals surface area contributed by atoms with Crippen molar-refractivity contribution in [2.45, 2.75) is 0 Å². The molecule has 0 amide bonds. The number of phenolic OH excluding ortho intramolecular Hbond substituents is 1. The van der Waals surface area contributed by atoms with Gasteiger partial charge in [-0.05, 0) is 12.1 Å². The number of hydrazone groups is 1. The zero-order chi connectivity index (χ0) is 8.27. The van der Waals surface area contributed by atoms with E-state index < -0.39 is 0 Å². The fourth-order valence-electron chi connectivity index (χ4n) is 0.716. The first-order valence-corrected chi connectivity index (χ1v) is 3.34. The Morgan fingerprint density at radius 3 is 2.91 bits per heavy atom. The van der Waals surface area contributed by atoms with Gasteiger partial charge in [-0.15, -0.1) is 0 Å². The number of halogens is 1. The van der Waals surface area contributed by atoms with Crippen LogP contribution in [0.1, 0.15) is 5.56 Å². The Hall–Kier alpha value is -1.22. The van der Waals surface area contributed by atoms with Gasteiger partial charge >= 0.3 is 0 Å². The molecule has 0 aliphatic carbocycles. The number of hydrogen-bond donors (Lipinski definition) is 2. The molecule has 3 nitrogen and oxygen atoms in total. The molecular formula is C7H7ClN2O. The number of para-hydroxylation sites is 1. The quantitative estimate of drug-likeness (QED) is 0.380. The summed E-state index contributed by atoms with van der Waals surface area (Å²) >= 11 is 5.60. The maximum absolute atomic E-state index is 9.25. The zero-order valence-corrected chi connectivity index (χ0v) is 6.42. The highest BCUT2D eigenvalue weighted by Gasteiger charge is 2.00. The van der Waals surface area contributed by atoms with E-state index in [1.807, 2.05) is 0 Å². The highest BCUT2D eigenvalue weighted by atomic mass is 35.5. The summed E-state index contributed by atoms with van der Waals surface area (Å²) in [5.74, 6) is 4.90. The Kier molecular flexibility index (Phi) is 2.33. The first-order chi connectivity index (χ1) is 5.25. The summed E-state index contributed by atoms with van der Waals surface area (Å²) in [7, 11) is 0. The van der Waals surface area contributed by atoms with Crippen molar-refractivity contribution in [1.29, 1.82) is 0 Å². The van der Waals surface area contributed by atoms with Gasteiger partial charge in [-0.1, -0.05) is 17.7 Å². The lowest BCUT2D eigenvalue weighted by Gasteiger charge is -1.98. The molecule has 11 heavy (non-hydrogen) atoms. The number of nitrogens with two attached hydrogens (primary N) is 1. The van der Waals surface area contributed by atoms with Crippen molar-refractivity contribution in [3.05, 3.63) is 28.8 Å². The van der Waals surface area contributed by atoms with Gasteiger partial charge in [0, 0.05) is 5.56 Å². The summed E-state index contributed by atoms with van der Waals surface area (Å²) in [6.07, 6.45) is 1.33. The Bertz CT molecular complexity index is 286. The summed E-state index contributed by atoms with van der Waals surface area (Å²) < 4.78 is 0. The average molecular weight is 171 g/mol. The molecule has 0 unspecified atom stereocenters. The largest absolute Gasteiger partial charge is 0.506 e. The second-order valence-corrected chi connectivity index (χ2v) is 2.36. The lowest BCUT2D eigenvalue weighted by atomic mass is 10.2. The third-order valence-electron chi connectivity index (χ3n) is 1.23. The van der Waals surface area contributed by atoms with Crippen LogP contribution in [0.5, 0.6) is 5.75 Å². The lowest BCUT2D eigenvalue weighted by Crippen LogP contribution is -1.86. The fourth-order valence-corrected chi connectivity index (χ4v) is 0.898. The molecule has 0 heterocycles. The minimum Gasteiger partial charge on any atom is -0.506 e. The van der Waals surface area contributed by atoms with Crippen LogP contribution in [0.2, 0.25) is 5.02 Å². The first kappa shape index (κ1) is 7.88. The van der Waals surface area contributed by atoms with Gasteiger partial charge in [-0.3, -0.25) is 0 Å². The smallest absolute Gasteiger partial charge is 0.142 e. The Labute approximate surface area is 69.1 Å². The van der Waals surface area contributed by atoms with E-state index in [0.29, 0.717) is 10.6 Å². The number of nitrogens with zero attached hydrogens (tertiary/aromatic N) is 1. The molecule has 0 aliphatic heterocycles. The van der Waals surface area contributed by atoms with Crippen LogP contribution in [0.25, 0.3) is 0 Å². The molecule has 3 N–H and O–H groups in total. The predicted molar refractivity (Wildman–Crippen MR) is 44.9 cm³/mol. The number of benzene rings is 1. The Morgan fingerprint density at radius 2 is 2.27 bits per heavy atom. The minimum atomic E-state index is 0.00312. The van der Waals surface area contributed by atoms with Crippen LogP contribution in [0, 0.1) is 0 Å². The van der Waals surface area contributed by atoms with Crippen molar-refractivity contribution in [3.8, 4) is 5.75 Å². The van der Waals surface area contributed by atoms with Gasteiger partial charge in [0.2, 0.25) is 0 Å². The van der Waals surface area contributed by atoms with E-state index in [-0.39, 0.29) is 5.75 Å². The summed E-state index contributed by atoms with van der Waals surface area (Å²) in [6, 6.07) is 4.96. The molecule has 0 radical (unpaired) electrons. The van der Waals surface area contributed by atoms with Crippen LogP contribution in [-0.4, -0.2) is 11.3 Å². The van der Waals surface area contributed by atoms with Gasteiger partial charge in [0.1, 0.15) is 5.75 Å². The van der Waals surface area contributed by atoms with Crippen molar-refractivity contribution >= 4 is 17.8 Å². The molecular weight excluding hydrogens is 164 g/mol. The van der Waals surface area contributed by atoms with Gasteiger partial charge in [0.15, 0.2) is 0 Å². The van der Waals surface area contributed by atoms with Crippen LogP contribution in [-0.2, 0) is 0 Å². The molecule has 0 fully saturated rings. The zero-order valence-electron chi connectivity index (χ0n) is 5.66. The molecule has 1 aromatic rings. The van der Waals surface area contributed by atoms with Crippen molar-refractivity contribution < 1.29 is 5.11 Å². The van der Waals surface area contributed by atoms with Crippen molar-refractivity contribution in [2.75, 3.05) is 0 Å². The van der Waals surface area contributed by atoms with E-state index in [0.717, 1.165) is 0 Å². The normalized spacial score (nSPS) is 10.6. The van der Waals surface area contributed by atoms with Crippen LogP contribution in [0.4, 0.5) is 0 Å². The molecule has 0 saturated heterocycles. The van der Waals surface area contributed by atoms with Gasteiger partial charge in [-0.2, -0.15) is 5.10 Å². The minimum absolute atomic E-state index is 0.00312. The number of aromatic hydroxyl groups is 1. The number of hydrogen-bond acceptors (Lipinski definition) is 3. The SMILES string of the molecule is NN=Cc1cccc(Cl)c1O. The second kappa shape index (κ2) is 3.25. The number of rotatable bonds is 1. The van der Waals surface area contributed by atoms with Gasteiger partial charge in [-0.25, -0.2) is 0 Å². The monoisotopic (exact) mass is 170 g/mol. The van der Waals surface area contributed by atoms with E-state index in [9.17, 15) is 5.11 Å². The van der Waals surface area contributed by atoms with Gasteiger partial charge in [0.25, 0.3) is 0 Å². The van der Waals surface area contributed by atoms with E-state index in [1.165, 1.54) is 6.21 Å². The molecule has 0 saturated carbocycles. The molecule has 1 rings (SSSR count). The highest BCUT2D eigenvalue weighted by molar-refractivity contribution is 6.32. The van der Waals surface area contributed by atoms with Gasteiger partial charge in [0.05, 0.1) is 11.2 Å². The first-order valence-electron chi connectivity index (χ1n) is 2.96. The van der Waals surface area contributed by atoms with Crippen molar-refractivity contribution in [2.24, 2.45) is 10.9 Å². The third kappa shape index (κ3) is 1.62. The van der Waals surface area contributed by atoms with E-state index in [2.05, 4.69) is 5.10 Å². The topological polar surface area (TPSA) is 58.6 Å². The lowest BCUT2D eigenvalue weighted by molar-refractivity contribution is 0.474. The van der Waals surface area contributed by atoms with E-state index in [4.69, 9.17) is 17.4 Å². The van der Waals surface area contributed by atoms with Crippen LogP contribution in [0.15, 0.2) is 23.3 Å². The van der Waals surface area contributed by atoms with E-state index in [1.54, 1.807) is 18.2 Å². The highest BCUT2D eigenvalue weighted by Crippen LogP contribution is 2.25. The standard InChI is InChI=1S/C7H7ClN2O/c8-6-3-1-2-5(4-10-9)7(6)11/h1-4,11H,9H2. The molecule has 1 aromatic carbocycles. The molecule has 4 heteroatoms. The van der Waals surface area contributed by atoms with Crippen molar-refractivity contribution in [1.82, 2.24) is 0 Å². The van der Waals surface area contributed by atoms with Crippen LogP contribution in [0.3, 0.4) is 0 Å². The van der Waals surface area contributed by atoms with Crippen LogP contribution < -0.4 is 5.84 Å². The molecule has 0 aliphatic rings. The Balaban J connectivity index is 3.16. The molecule has 0 spiro atoms. The summed E-state index contributed by atoms with van der Waals surface area (Å²) in [6.45, 7) is 0. The van der Waals surface area contributed by atoms with Gasteiger partial charge < -0.3 is 10.9 Å². The third-order valence-corrected chi connectivity index (χ3v) is 1.54. The summed E-state index contributed by atoms with van der Waals surface area (Å²) in [4.78, 5) is 0. The maximum Gasteiger partial charge on any atom is 0.142 e. The molecule has 0 aromatic heterocycles. The molecule has 0 atom stereocenters. The van der Waals surface area contributed by atoms with Crippen LogP contribution >= 0.6 is 11.6 Å². The van der Waals surface area contributed by atoms with Crippen molar-refractivity contribution in [3.63, 3.8) is 0 Å².